The number of hydrogen-bond acceptors (Lipinski definition) is 3. The van der Waals surface area contributed by atoms with E-state index in [4.69, 9.17) is 4.74 Å². The molecular formula is C16H30O3. The number of carbonyl (C=O) groups excluding carboxylic acids is 1. The van der Waals surface area contributed by atoms with Crippen LogP contribution in [0.3, 0.4) is 0 Å². The molecule has 0 heterocycles. The van der Waals surface area contributed by atoms with Gasteiger partial charge in [-0.25, -0.2) is 0 Å². The zero-order valence-electron chi connectivity index (χ0n) is 12.7. The Morgan fingerprint density at radius 3 is 2.63 bits per heavy atom. The lowest BCUT2D eigenvalue weighted by Gasteiger charge is -2.26. The topological polar surface area (TPSA) is 46.5 Å². The van der Waals surface area contributed by atoms with Gasteiger partial charge < -0.3 is 9.84 Å². The molecule has 0 radical (unpaired) electrons. The SMILES string of the molecule is CCC(CCC(C)C)C(=O)OCC1CCCC(O)C1. The van der Waals surface area contributed by atoms with E-state index < -0.39 is 0 Å². The Balaban J connectivity index is 2.27. The molecule has 0 saturated heterocycles. The highest BCUT2D eigenvalue weighted by Gasteiger charge is 2.23. The molecule has 3 atom stereocenters. The third-order valence-electron chi connectivity index (χ3n) is 4.14. The van der Waals surface area contributed by atoms with Crippen LogP contribution in [-0.2, 0) is 9.53 Å². The molecule has 0 amide bonds. The Morgan fingerprint density at radius 1 is 1.32 bits per heavy atom. The van der Waals surface area contributed by atoms with Crippen molar-refractivity contribution in [2.75, 3.05) is 6.61 Å². The minimum atomic E-state index is -0.194. The standard InChI is InChI=1S/C16H30O3/c1-4-14(9-8-12(2)3)16(18)19-11-13-6-5-7-15(17)10-13/h12-15,17H,4-11H2,1-3H3. The molecule has 3 heteroatoms. The minimum Gasteiger partial charge on any atom is -0.465 e. The fraction of sp³-hybridized carbons (Fsp3) is 0.938. The van der Waals surface area contributed by atoms with Crippen molar-refractivity contribution in [3.63, 3.8) is 0 Å². The second-order valence-corrected chi connectivity index (χ2v) is 6.39. The van der Waals surface area contributed by atoms with Gasteiger partial charge in [-0.05, 0) is 43.9 Å². The third-order valence-corrected chi connectivity index (χ3v) is 4.14. The number of carbonyl (C=O) groups is 1. The second-order valence-electron chi connectivity index (χ2n) is 6.39. The quantitative estimate of drug-likeness (QED) is 0.720. The highest BCUT2D eigenvalue weighted by molar-refractivity contribution is 5.72. The smallest absolute Gasteiger partial charge is 0.308 e. The summed E-state index contributed by atoms with van der Waals surface area (Å²) in [5, 5.41) is 9.60. The summed E-state index contributed by atoms with van der Waals surface area (Å²) in [4.78, 5) is 12.0. The van der Waals surface area contributed by atoms with E-state index in [0.717, 1.165) is 44.9 Å². The fourth-order valence-corrected chi connectivity index (χ4v) is 2.75. The molecule has 0 aromatic carbocycles. The first-order valence-electron chi connectivity index (χ1n) is 7.87. The maximum absolute atomic E-state index is 12.0. The monoisotopic (exact) mass is 270 g/mol. The van der Waals surface area contributed by atoms with Gasteiger partial charge in [0.25, 0.3) is 0 Å². The van der Waals surface area contributed by atoms with Crippen LogP contribution in [0.5, 0.6) is 0 Å². The van der Waals surface area contributed by atoms with E-state index in [2.05, 4.69) is 20.8 Å². The molecule has 0 spiro atoms. The molecule has 0 bridgehead atoms. The summed E-state index contributed by atoms with van der Waals surface area (Å²) in [6.07, 6.45) is 6.49. The Hall–Kier alpha value is -0.570. The molecule has 1 fully saturated rings. The molecular weight excluding hydrogens is 240 g/mol. The van der Waals surface area contributed by atoms with E-state index in [1.54, 1.807) is 0 Å². The third kappa shape index (κ3) is 6.42. The highest BCUT2D eigenvalue weighted by atomic mass is 16.5. The van der Waals surface area contributed by atoms with Crippen LogP contribution in [0.25, 0.3) is 0 Å². The molecule has 112 valence electrons. The van der Waals surface area contributed by atoms with Crippen LogP contribution >= 0.6 is 0 Å². The van der Waals surface area contributed by atoms with Crippen LogP contribution in [0.2, 0.25) is 0 Å². The molecule has 0 aromatic rings. The number of rotatable bonds is 7. The first kappa shape index (κ1) is 16.5. The summed E-state index contributed by atoms with van der Waals surface area (Å²) < 4.78 is 5.47. The molecule has 1 aliphatic carbocycles. The summed E-state index contributed by atoms with van der Waals surface area (Å²) in [6.45, 7) is 6.91. The lowest BCUT2D eigenvalue weighted by atomic mass is 9.88. The summed E-state index contributed by atoms with van der Waals surface area (Å²) in [5.74, 6) is 1.00. The van der Waals surface area contributed by atoms with Crippen LogP contribution < -0.4 is 0 Å². The Kier molecular flexibility index (Phi) is 7.44. The van der Waals surface area contributed by atoms with Gasteiger partial charge in [0, 0.05) is 0 Å². The maximum Gasteiger partial charge on any atom is 0.308 e. The van der Waals surface area contributed by atoms with Crippen LogP contribution in [-0.4, -0.2) is 23.8 Å². The predicted octanol–water partition coefficient (Wildman–Crippen LogP) is 3.54. The summed E-state index contributed by atoms with van der Waals surface area (Å²) in [5.41, 5.74) is 0. The zero-order valence-corrected chi connectivity index (χ0v) is 12.7. The Labute approximate surface area is 117 Å². The van der Waals surface area contributed by atoms with E-state index in [0.29, 0.717) is 18.4 Å². The van der Waals surface area contributed by atoms with Gasteiger partial charge in [0.2, 0.25) is 0 Å². The van der Waals surface area contributed by atoms with Crippen LogP contribution in [0.1, 0.15) is 65.7 Å². The first-order valence-corrected chi connectivity index (χ1v) is 7.87. The van der Waals surface area contributed by atoms with Crippen molar-refractivity contribution in [3.05, 3.63) is 0 Å². The van der Waals surface area contributed by atoms with Crippen molar-refractivity contribution in [2.24, 2.45) is 17.8 Å². The second kappa shape index (κ2) is 8.57. The molecule has 3 nitrogen and oxygen atoms in total. The van der Waals surface area contributed by atoms with E-state index in [1.807, 2.05) is 0 Å². The highest BCUT2D eigenvalue weighted by Crippen LogP contribution is 2.25. The van der Waals surface area contributed by atoms with E-state index in [-0.39, 0.29) is 18.0 Å². The van der Waals surface area contributed by atoms with E-state index in [9.17, 15) is 9.90 Å². The largest absolute Gasteiger partial charge is 0.465 e. The van der Waals surface area contributed by atoms with Crippen molar-refractivity contribution < 1.29 is 14.6 Å². The van der Waals surface area contributed by atoms with Crippen LogP contribution in [0.15, 0.2) is 0 Å². The van der Waals surface area contributed by atoms with E-state index >= 15 is 0 Å². The number of esters is 1. The Bertz CT molecular complexity index is 263. The van der Waals surface area contributed by atoms with Gasteiger partial charge in [0.05, 0.1) is 18.6 Å². The van der Waals surface area contributed by atoms with Gasteiger partial charge in [0.1, 0.15) is 0 Å². The molecule has 0 aliphatic heterocycles. The number of ether oxygens (including phenoxy) is 1. The van der Waals surface area contributed by atoms with Gasteiger partial charge in [-0.3, -0.25) is 4.79 Å². The van der Waals surface area contributed by atoms with Crippen LogP contribution in [0.4, 0.5) is 0 Å². The van der Waals surface area contributed by atoms with Gasteiger partial charge in [0.15, 0.2) is 0 Å². The molecule has 19 heavy (non-hydrogen) atoms. The molecule has 1 rings (SSSR count). The average molecular weight is 270 g/mol. The zero-order chi connectivity index (χ0) is 14.3. The molecule has 1 aliphatic rings. The lowest BCUT2D eigenvalue weighted by Crippen LogP contribution is -2.26. The average Bonchev–Trinajstić information content (AvgIpc) is 2.37. The van der Waals surface area contributed by atoms with Crippen molar-refractivity contribution in [3.8, 4) is 0 Å². The molecule has 3 unspecified atom stereocenters. The van der Waals surface area contributed by atoms with Crippen molar-refractivity contribution in [1.82, 2.24) is 0 Å². The van der Waals surface area contributed by atoms with Gasteiger partial charge in [-0.2, -0.15) is 0 Å². The normalized spacial score (nSPS) is 25.3. The summed E-state index contributed by atoms with van der Waals surface area (Å²) in [7, 11) is 0. The summed E-state index contributed by atoms with van der Waals surface area (Å²) >= 11 is 0. The van der Waals surface area contributed by atoms with Gasteiger partial charge in [-0.1, -0.05) is 33.6 Å². The van der Waals surface area contributed by atoms with E-state index in [1.165, 1.54) is 0 Å². The number of aliphatic hydroxyl groups excluding tert-OH is 1. The van der Waals surface area contributed by atoms with Gasteiger partial charge >= 0.3 is 5.97 Å². The van der Waals surface area contributed by atoms with Crippen molar-refractivity contribution >= 4 is 5.97 Å². The predicted molar refractivity (Wildman–Crippen MR) is 76.8 cm³/mol. The fourth-order valence-electron chi connectivity index (χ4n) is 2.75. The summed E-state index contributed by atoms with van der Waals surface area (Å²) in [6, 6.07) is 0. The molecule has 1 saturated carbocycles. The maximum atomic E-state index is 12.0. The first-order chi connectivity index (χ1) is 9.02. The van der Waals surface area contributed by atoms with Crippen LogP contribution in [0, 0.1) is 17.8 Å². The van der Waals surface area contributed by atoms with Crippen molar-refractivity contribution in [2.45, 2.75) is 71.8 Å². The minimum absolute atomic E-state index is 0.0387. The lowest BCUT2D eigenvalue weighted by molar-refractivity contribution is -0.151. The Morgan fingerprint density at radius 2 is 2.05 bits per heavy atom. The number of aliphatic hydroxyl groups is 1. The van der Waals surface area contributed by atoms with Crippen molar-refractivity contribution in [1.29, 1.82) is 0 Å². The molecule has 1 N–H and O–H groups in total. The molecule has 0 aromatic heterocycles. The van der Waals surface area contributed by atoms with Gasteiger partial charge in [-0.15, -0.1) is 0 Å². The number of hydrogen-bond donors (Lipinski definition) is 1.